The summed E-state index contributed by atoms with van der Waals surface area (Å²) in [6, 6.07) is -0.945. The molecule has 0 saturated carbocycles. The fraction of sp³-hybridized carbons (Fsp3) is 0.886. The van der Waals surface area contributed by atoms with Gasteiger partial charge < -0.3 is 35.2 Å². The third-order valence-electron chi connectivity index (χ3n) is 10.7. The van der Waals surface area contributed by atoms with Crippen molar-refractivity contribution in [3.63, 3.8) is 0 Å². The number of unbranched alkanes of at least 4 members (excludes halogenated alkanes) is 24. The van der Waals surface area contributed by atoms with E-state index in [2.05, 4.69) is 35.5 Å². The molecule has 1 aliphatic rings. The van der Waals surface area contributed by atoms with E-state index in [-0.39, 0.29) is 18.9 Å². The average molecular weight is 834 g/mol. The predicted octanol–water partition coefficient (Wildman–Crippen LogP) is 8.55. The maximum atomic E-state index is 13.0. The Morgan fingerprint density at radius 1 is 0.684 bits per heavy atom. The molecule has 0 aromatic carbocycles. The molecule has 7 unspecified atom stereocenters. The molecule has 57 heavy (non-hydrogen) atoms. The molecule has 1 rings (SSSR count). The number of ether oxygens (including phenoxy) is 2. The van der Waals surface area contributed by atoms with E-state index in [1.54, 1.807) is 6.08 Å². The van der Waals surface area contributed by atoms with Crippen molar-refractivity contribution in [3.05, 3.63) is 24.3 Å². The molecule has 0 spiro atoms. The summed E-state index contributed by atoms with van der Waals surface area (Å²) in [5.41, 5.74) is 0. The summed E-state index contributed by atoms with van der Waals surface area (Å²) in [6.45, 7) is 3.37. The quantitative estimate of drug-likeness (QED) is 0.0198. The van der Waals surface area contributed by atoms with Crippen LogP contribution in [-0.4, -0.2) is 95.4 Å². The molecule has 1 heterocycles. The Morgan fingerprint density at radius 3 is 1.58 bits per heavy atom. The summed E-state index contributed by atoms with van der Waals surface area (Å²) >= 11 is 0. The smallest absolute Gasteiger partial charge is 0.394 e. The first kappa shape index (κ1) is 53.6. The van der Waals surface area contributed by atoms with Crippen molar-refractivity contribution in [2.45, 2.75) is 236 Å². The number of carbonyl (C=O) groups excluding carboxylic acids is 1. The minimum Gasteiger partial charge on any atom is -0.394 e. The summed E-state index contributed by atoms with van der Waals surface area (Å²) in [7, 11) is -5.08. The summed E-state index contributed by atoms with van der Waals surface area (Å²) in [6.07, 6.45) is 30.7. The Hall–Kier alpha value is -1.42. The lowest BCUT2D eigenvalue weighted by molar-refractivity contribution is -0.298. The fourth-order valence-corrected chi connectivity index (χ4v) is 7.66. The minimum absolute atomic E-state index is 0.260. The van der Waals surface area contributed by atoms with Gasteiger partial charge in [-0.1, -0.05) is 167 Å². The summed E-state index contributed by atoms with van der Waals surface area (Å²) in [4.78, 5) is 13.0. The molecule has 13 heteroatoms. The third-order valence-corrected chi connectivity index (χ3v) is 11.2. The van der Waals surface area contributed by atoms with E-state index in [1.165, 1.54) is 109 Å². The molecule has 336 valence electrons. The first-order valence-corrected chi connectivity index (χ1v) is 24.1. The lowest BCUT2D eigenvalue weighted by atomic mass is 9.99. The highest BCUT2D eigenvalue weighted by atomic mass is 32.3. The van der Waals surface area contributed by atoms with Gasteiger partial charge in [-0.25, -0.2) is 4.18 Å². The van der Waals surface area contributed by atoms with E-state index in [1.807, 2.05) is 6.08 Å². The van der Waals surface area contributed by atoms with Crippen LogP contribution in [0.3, 0.4) is 0 Å². The molecule has 1 fully saturated rings. The van der Waals surface area contributed by atoms with Crippen molar-refractivity contribution in [2.24, 2.45) is 0 Å². The number of nitrogens with one attached hydrogen (secondary N) is 1. The number of aliphatic hydroxyl groups is 4. The zero-order valence-electron chi connectivity index (χ0n) is 35.7. The average Bonchev–Trinajstić information content (AvgIpc) is 3.18. The number of hydrogen-bond acceptors (Lipinski definition) is 10. The SMILES string of the molecule is CCCCCCCCC/C=C\CCCCCCCC(=O)NC(COC1OC(CO)C(O)C(OS(=O)(=O)O)C1O)C(O)/C=C/CCCCCCCCCCCCCC. The molecule has 0 aliphatic carbocycles. The Kier molecular flexibility index (Phi) is 33.2. The molecule has 1 aliphatic heterocycles. The van der Waals surface area contributed by atoms with Crippen molar-refractivity contribution >= 4 is 16.3 Å². The number of amides is 1. The van der Waals surface area contributed by atoms with Crippen LogP contribution in [0.15, 0.2) is 24.3 Å². The van der Waals surface area contributed by atoms with Gasteiger partial charge in [-0.15, -0.1) is 0 Å². The van der Waals surface area contributed by atoms with E-state index < -0.39 is 59.9 Å². The first-order valence-electron chi connectivity index (χ1n) is 22.7. The fourth-order valence-electron chi connectivity index (χ4n) is 7.15. The van der Waals surface area contributed by atoms with E-state index in [9.17, 15) is 33.6 Å². The lowest BCUT2D eigenvalue weighted by Gasteiger charge is -2.41. The van der Waals surface area contributed by atoms with Gasteiger partial charge in [-0.05, 0) is 44.9 Å². The minimum atomic E-state index is -5.08. The number of allylic oxidation sites excluding steroid dienone is 3. The van der Waals surface area contributed by atoms with Crippen LogP contribution in [0.5, 0.6) is 0 Å². The van der Waals surface area contributed by atoms with Gasteiger partial charge in [0.1, 0.15) is 24.4 Å². The normalized spacial score (nSPS) is 21.4. The van der Waals surface area contributed by atoms with Gasteiger partial charge in [0.05, 0.1) is 25.4 Å². The second-order valence-electron chi connectivity index (χ2n) is 16.0. The molecular formula is C44H83NO11S. The third kappa shape index (κ3) is 28.6. The van der Waals surface area contributed by atoms with Crippen molar-refractivity contribution in [3.8, 4) is 0 Å². The summed E-state index contributed by atoms with van der Waals surface area (Å²) in [5, 5.41) is 44.6. The van der Waals surface area contributed by atoms with Crippen molar-refractivity contribution in [2.75, 3.05) is 13.2 Å². The summed E-state index contributed by atoms with van der Waals surface area (Å²) in [5.74, 6) is -0.272. The Labute approximate surface area is 346 Å². The summed E-state index contributed by atoms with van der Waals surface area (Å²) < 4.78 is 47.5. The van der Waals surface area contributed by atoms with E-state index >= 15 is 0 Å². The van der Waals surface area contributed by atoms with Gasteiger partial charge >= 0.3 is 10.4 Å². The predicted molar refractivity (Wildman–Crippen MR) is 227 cm³/mol. The van der Waals surface area contributed by atoms with E-state index in [4.69, 9.17) is 14.0 Å². The molecule has 0 radical (unpaired) electrons. The zero-order chi connectivity index (χ0) is 42.0. The van der Waals surface area contributed by atoms with Crippen LogP contribution in [0.4, 0.5) is 0 Å². The van der Waals surface area contributed by atoms with Crippen molar-refractivity contribution in [1.29, 1.82) is 0 Å². The van der Waals surface area contributed by atoms with Crippen LogP contribution < -0.4 is 5.32 Å². The highest BCUT2D eigenvalue weighted by Gasteiger charge is 2.48. The highest BCUT2D eigenvalue weighted by Crippen LogP contribution is 2.26. The monoisotopic (exact) mass is 834 g/mol. The van der Waals surface area contributed by atoms with Crippen LogP contribution in [-0.2, 0) is 28.9 Å². The highest BCUT2D eigenvalue weighted by molar-refractivity contribution is 7.80. The molecular weight excluding hydrogens is 751 g/mol. The molecule has 6 N–H and O–H groups in total. The Balaban J connectivity index is 2.55. The molecule has 0 aromatic rings. The Bertz CT molecular complexity index is 1120. The van der Waals surface area contributed by atoms with Gasteiger partial charge in [0.25, 0.3) is 0 Å². The maximum Gasteiger partial charge on any atom is 0.397 e. The largest absolute Gasteiger partial charge is 0.397 e. The van der Waals surface area contributed by atoms with Crippen LogP contribution in [0.2, 0.25) is 0 Å². The number of hydrogen-bond donors (Lipinski definition) is 6. The van der Waals surface area contributed by atoms with Gasteiger partial charge in [0.2, 0.25) is 5.91 Å². The first-order chi connectivity index (χ1) is 27.5. The maximum absolute atomic E-state index is 13.0. The van der Waals surface area contributed by atoms with Crippen LogP contribution in [0.1, 0.15) is 194 Å². The van der Waals surface area contributed by atoms with Gasteiger partial charge in [0.15, 0.2) is 6.29 Å². The molecule has 1 saturated heterocycles. The van der Waals surface area contributed by atoms with E-state index in [0.29, 0.717) is 6.42 Å². The van der Waals surface area contributed by atoms with Crippen LogP contribution in [0, 0.1) is 0 Å². The standard InChI is InChI=1S/C44H83NO11S/c1-3-5-7-9-11-13-15-17-19-20-22-24-26-28-30-32-34-40(48)45-37(36-54-44-42(50)43(56-57(51,52)53)41(49)39(35-46)55-44)38(47)33-31-29-27-25-23-21-18-16-14-12-10-8-6-4-2/h19-20,31,33,37-39,41-44,46-47,49-50H,3-18,21-30,32,34-36H2,1-2H3,(H,45,48)(H,51,52,53)/b20-19-,33-31+. The zero-order valence-corrected chi connectivity index (χ0v) is 36.5. The Morgan fingerprint density at radius 2 is 1.12 bits per heavy atom. The van der Waals surface area contributed by atoms with Crippen LogP contribution in [0.25, 0.3) is 0 Å². The lowest BCUT2D eigenvalue weighted by Crippen LogP contribution is -2.61. The molecule has 12 nitrogen and oxygen atoms in total. The van der Waals surface area contributed by atoms with E-state index in [0.717, 1.165) is 57.8 Å². The number of rotatable bonds is 38. The molecule has 1 amide bonds. The van der Waals surface area contributed by atoms with Gasteiger partial charge in [0, 0.05) is 6.42 Å². The molecule has 7 atom stereocenters. The molecule has 0 aromatic heterocycles. The van der Waals surface area contributed by atoms with Crippen LogP contribution >= 0.6 is 0 Å². The molecule has 0 bridgehead atoms. The topological polar surface area (TPSA) is 192 Å². The van der Waals surface area contributed by atoms with Gasteiger partial charge in [-0.2, -0.15) is 8.42 Å². The second-order valence-corrected chi connectivity index (χ2v) is 17.0. The number of carbonyl (C=O) groups is 1. The van der Waals surface area contributed by atoms with Crippen molar-refractivity contribution < 1.29 is 51.8 Å². The number of aliphatic hydroxyl groups excluding tert-OH is 4. The van der Waals surface area contributed by atoms with Crippen molar-refractivity contribution in [1.82, 2.24) is 5.32 Å². The van der Waals surface area contributed by atoms with Gasteiger partial charge in [-0.3, -0.25) is 9.35 Å². The second kappa shape index (κ2) is 35.3.